The van der Waals surface area contributed by atoms with Gasteiger partial charge in [-0.15, -0.1) is 0 Å². The number of phenolic OH excluding ortho intramolecular Hbond substituents is 1. The highest BCUT2D eigenvalue weighted by Gasteiger charge is 2.54. The molecule has 0 spiro atoms. The highest BCUT2D eigenvalue weighted by Crippen LogP contribution is 2.56. The molecule has 2 heterocycles. The Kier molecular flexibility index (Phi) is 7.11. The molecule has 38 heavy (non-hydrogen) atoms. The summed E-state index contributed by atoms with van der Waals surface area (Å²) in [6, 6.07) is 7.06. The van der Waals surface area contributed by atoms with E-state index in [4.69, 9.17) is 28.4 Å². The number of rotatable bonds is 8. The van der Waals surface area contributed by atoms with E-state index in [-0.39, 0.29) is 42.5 Å². The van der Waals surface area contributed by atoms with Crippen molar-refractivity contribution in [3.05, 3.63) is 41.0 Å². The predicted molar refractivity (Wildman–Crippen MR) is 134 cm³/mol. The molecular weight excluding hydrogens is 496 g/mol. The van der Waals surface area contributed by atoms with Crippen LogP contribution in [0.1, 0.15) is 35.1 Å². The van der Waals surface area contributed by atoms with E-state index in [0.717, 1.165) is 24.1 Å². The Morgan fingerprint density at radius 2 is 1.71 bits per heavy atom. The van der Waals surface area contributed by atoms with Crippen molar-refractivity contribution in [1.29, 1.82) is 0 Å². The maximum absolute atomic E-state index is 13.1. The Bertz CT molecular complexity index is 1210. The van der Waals surface area contributed by atoms with Crippen LogP contribution >= 0.6 is 0 Å². The molecule has 1 aliphatic carbocycles. The van der Waals surface area contributed by atoms with E-state index in [9.17, 15) is 14.7 Å². The molecule has 1 amide bonds. The molecule has 11 heteroatoms. The average molecular weight is 529 g/mol. The van der Waals surface area contributed by atoms with Gasteiger partial charge in [0.05, 0.1) is 20.8 Å². The lowest BCUT2D eigenvalue weighted by Crippen LogP contribution is -2.39. The van der Waals surface area contributed by atoms with Crippen LogP contribution in [-0.2, 0) is 14.3 Å². The van der Waals surface area contributed by atoms with E-state index in [1.165, 1.54) is 14.2 Å². The van der Waals surface area contributed by atoms with Gasteiger partial charge in [-0.2, -0.15) is 0 Å². The minimum atomic E-state index is -0.884. The standard InChI is InChI=1S/C27H32N2O9/c1-29(2)7-5-6-28-27(32)38-25-16-11-19-18(36-13-37-19)10-15(16)22(17-12-35-26(31)23(17)25)14-8-20(33-3)24(30)21(9-14)34-4/h8-11,17,22-23,25,30H,5-7,12-13H2,1-4H3,(H,28,32). The fourth-order valence-electron chi connectivity index (χ4n) is 5.52. The second-order valence-electron chi connectivity index (χ2n) is 9.82. The zero-order chi connectivity index (χ0) is 27.0. The van der Waals surface area contributed by atoms with Gasteiger partial charge in [-0.05, 0) is 62.5 Å². The van der Waals surface area contributed by atoms with E-state index in [0.29, 0.717) is 23.6 Å². The first-order valence-electron chi connectivity index (χ1n) is 12.5. The van der Waals surface area contributed by atoms with Crippen LogP contribution < -0.4 is 24.3 Å². The molecular formula is C27H32N2O9. The maximum Gasteiger partial charge on any atom is 0.407 e. The molecule has 5 rings (SSSR count). The van der Waals surface area contributed by atoms with Crippen molar-refractivity contribution in [2.24, 2.45) is 11.8 Å². The molecule has 0 bridgehead atoms. The van der Waals surface area contributed by atoms with Crippen molar-refractivity contribution in [2.75, 3.05) is 54.8 Å². The van der Waals surface area contributed by atoms with Crippen molar-refractivity contribution >= 4 is 12.1 Å². The summed E-state index contributed by atoms with van der Waals surface area (Å²) in [5.41, 5.74) is 2.18. The van der Waals surface area contributed by atoms with Crippen LogP contribution in [0.25, 0.3) is 0 Å². The number of esters is 1. The molecule has 4 unspecified atom stereocenters. The van der Waals surface area contributed by atoms with Gasteiger partial charge >= 0.3 is 12.1 Å². The smallest absolute Gasteiger partial charge is 0.407 e. The molecule has 1 saturated heterocycles. The molecule has 204 valence electrons. The first-order valence-corrected chi connectivity index (χ1v) is 12.5. The predicted octanol–water partition coefficient (Wildman–Crippen LogP) is 2.79. The molecule has 2 N–H and O–H groups in total. The molecule has 1 fully saturated rings. The number of alkyl carbamates (subject to hydrolysis) is 1. The van der Waals surface area contributed by atoms with Gasteiger partial charge in [-0.25, -0.2) is 4.79 Å². The van der Waals surface area contributed by atoms with Crippen LogP contribution in [0.4, 0.5) is 4.79 Å². The minimum absolute atomic E-state index is 0.0660. The van der Waals surface area contributed by atoms with Crippen LogP contribution in [0.15, 0.2) is 24.3 Å². The van der Waals surface area contributed by atoms with Gasteiger partial charge in [0.15, 0.2) is 23.0 Å². The second-order valence-corrected chi connectivity index (χ2v) is 9.82. The first-order chi connectivity index (χ1) is 18.3. The summed E-state index contributed by atoms with van der Waals surface area (Å²) in [4.78, 5) is 27.9. The van der Waals surface area contributed by atoms with Gasteiger partial charge < -0.3 is 43.7 Å². The molecule has 3 aliphatic rings. The van der Waals surface area contributed by atoms with Crippen molar-refractivity contribution in [3.8, 4) is 28.7 Å². The number of nitrogens with one attached hydrogen (secondary N) is 1. The maximum atomic E-state index is 13.1. The van der Waals surface area contributed by atoms with Crippen LogP contribution in [0.5, 0.6) is 28.7 Å². The number of methoxy groups -OCH3 is 2. The third-order valence-electron chi connectivity index (χ3n) is 7.27. The molecule has 0 radical (unpaired) electrons. The number of ether oxygens (including phenoxy) is 6. The zero-order valence-corrected chi connectivity index (χ0v) is 21.8. The van der Waals surface area contributed by atoms with E-state index >= 15 is 0 Å². The van der Waals surface area contributed by atoms with Crippen LogP contribution in [0, 0.1) is 11.8 Å². The zero-order valence-electron chi connectivity index (χ0n) is 21.8. The molecule has 2 aromatic carbocycles. The van der Waals surface area contributed by atoms with E-state index in [1.54, 1.807) is 18.2 Å². The summed E-state index contributed by atoms with van der Waals surface area (Å²) in [5.74, 6) is -0.503. The monoisotopic (exact) mass is 528 g/mol. The molecule has 2 aromatic rings. The summed E-state index contributed by atoms with van der Waals surface area (Å²) < 4.78 is 33.5. The van der Waals surface area contributed by atoms with Gasteiger partial charge in [0.25, 0.3) is 0 Å². The summed E-state index contributed by atoms with van der Waals surface area (Å²) >= 11 is 0. The summed E-state index contributed by atoms with van der Waals surface area (Å²) in [7, 11) is 6.83. The molecule has 0 aromatic heterocycles. The van der Waals surface area contributed by atoms with E-state index < -0.39 is 24.1 Å². The highest BCUT2D eigenvalue weighted by molar-refractivity contribution is 5.79. The average Bonchev–Trinajstić information content (AvgIpc) is 3.52. The largest absolute Gasteiger partial charge is 0.502 e. The molecule has 0 saturated carbocycles. The number of cyclic esters (lactones) is 1. The highest BCUT2D eigenvalue weighted by atomic mass is 16.7. The van der Waals surface area contributed by atoms with E-state index in [2.05, 4.69) is 5.32 Å². The van der Waals surface area contributed by atoms with Crippen molar-refractivity contribution in [2.45, 2.75) is 18.4 Å². The normalized spacial score (nSPS) is 22.9. The number of amides is 1. The number of carbonyl (C=O) groups is 2. The third kappa shape index (κ3) is 4.62. The lowest BCUT2D eigenvalue weighted by Gasteiger charge is -2.38. The Morgan fingerprint density at radius 1 is 1.05 bits per heavy atom. The van der Waals surface area contributed by atoms with Crippen LogP contribution in [0.2, 0.25) is 0 Å². The number of carbonyl (C=O) groups excluding carboxylic acids is 2. The van der Waals surface area contributed by atoms with Crippen molar-refractivity contribution < 1.29 is 43.1 Å². The number of hydrogen-bond acceptors (Lipinski definition) is 10. The van der Waals surface area contributed by atoms with Gasteiger partial charge in [-0.3, -0.25) is 4.79 Å². The second kappa shape index (κ2) is 10.5. The van der Waals surface area contributed by atoms with Crippen molar-refractivity contribution in [3.63, 3.8) is 0 Å². The topological polar surface area (TPSA) is 125 Å². The number of hydrogen-bond donors (Lipinski definition) is 2. The Hall–Kier alpha value is -3.86. The summed E-state index contributed by atoms with van der Waals surface area (Å²) in [6.45, 7) is 1.45. The number of phenols is 1. The number of fused-ring (bicyclic) bond motifs is 3. The fourth-order valence-corrected chi connectivity index (χ4v) is 5.52. The summed E-state index contributed by atoms with van der Waals surface area (Å²) in [5, 5.41) is 13.3. The SMILES string of the molecule is COc1cc(C2c3cc4c(cc3C(OC(=O)NCCCN(C)C)C3C(=O)OCC23)OCO4)cc(OC)c1O. The fraction of sp³-hybridized carbons (Fsp3) is 0.481. The van der Waals surface area contributed by atoms with Gasteiger partial charge in [-0.1, -0.05) is 0 Å². The van der Waals surface area contributed by atoms with Crippen LogP contribution in [-0.4, -0.2) is 76.9 Å². The minimum Gasteiger partial charge on any atom is -0.502 e. The summed E-state index contributed by atoms with van der Waals surface area (Å²) in [6.07, 6.45) is -0.740. The molecule has 2 aliphatic heterocycles. The van der Waals surface area contributed by atoms with Crippen LogP contribution in [0.3, 0.4) is 0 Å². The quantitative estimate of drug-likeness (QED) is 0.390. The molecule has 4 atom stereocenters. The Labute approximate surface area is 220 Å². The lowest BCUT2D eigenvalue weighted by molar-refractivity contribution is -0.144. The van der Waals surface area contributed by atoms with Gasteiger partial charge in [0.2, 0.25) is 12.5 Å². The lowest BCUT2D eigenvalue weighted by atomic mass is 9.66. The third-order valence-corrected chi connectivity index (χ3v) is 7.27. The van der Waals surface area contributed by atoms with Gasteiger partial charge in [0.1, 0.15) is 12.0 Å². The number of aromatic hydroxyl groups is 1. The Morgan fingerprint density at radius 3 is 2.34 bits per heavy atom. The van der Waals surface area contributed by atoms with Gasteiger partial charge in [0, 0.05) is 23.9 Å². The van der Waals surface area contributed by atoms with Crippen molar-refractivity contribution in [1.82, 2.24) is 10.2 Å². The number of benzene rings is 2. The first kappa shape index (κ1) is 25.8. The number of nitrogens with zero attached hydrogens (tertiary/aromatic N) is 1. The van der Waals surface area contributed by atoms with E-state index in [1.807, 2.05) is 25.1 Å². The Balaban J connectivity index is 1.56. The molecule has 11 nitrogen and oxygen atoms in total.